The van der Waals surface area contributed by atoms with E-state index < -0.39 is 16.5 Å². The normalized spacial score (nSPS) is 11.3. The van der Waals surface area contributed by atoms with Crippen LogP contribution in [0, 0.1) is 10.1 Å². The summed E-state index contributed by atoms with van der Waals surface area (Å²) in [4.78, 5) is 27.0. The maximum atomic E-state index is 12.4. The molecule has 3 rings (SSSR count). The van der Waals surface area contributed by atoms with Gasteiger partial charge in [-0.2, -0.15) is 0 Å². The number of nitrogens with one attached hydrogen (secondary N) is 1. The molecular weight excluding hydrogens is 322 g/mol. The van der Waals surface area contributed by atoms with E-state index in [2.05, 4.69) is 10.3 Å². The summed E-state index contributed by atoms with van der Waals surface area (Å²) in [5, 5.41) is 24.7. The van der Waals surface area contributed by atoms with Gasteiger partial charge >= 0.3 is 11.6 Å². The third-order valence-electron chi connectivity index (χ3n) is 3.51. The van der Waals surface area contributed by atoms with Crippen molar-refractivity contribution in [2.45, 2.75) is 0 Å². The Labute approximate surface area is 142 Å². The minimum atomic E-state index is -0.891. The molecular formula is C18H13N3O4. The average molecular weight is 335 g/mol. The Hall–Kier alpha value is -3.74. The summed E-state index contributed by atoms with van der Waals surface area (Å²) in [6.07, 6.45) is 2.61. The van der Waals surface area contributed by atoms with Gasteiger partial charge in [0.2, 0.25) is 0 Å². The van der Waals surface area contributed by atoms with E-state index in [-0.39, 0.29) is 11.6 Å². The van der Waals surface area contributed by atoms with Crippen LogP contribution in [0.1, 0.15) is 5.56 Å². The number of carbonyl (C=O) groups excluding carboxylic acids is 1. The van der Waals surface area contributed by atoms with E-state index in [4.69, 9.17) is 0 Å². The second-order valence-electron chi connectivity index (χ2n) is 5.22. The third kappa shape index (κ3) is 3.61. The molecule has 0 atom stereocenters. The second kappa shape index (κ2) is 6.79. The van der Waals surface area contributed by atoms with Crippen molar-refractivity contribution in [3.63, 3.8) is 0 Å². The standard InChI is InChI=1S/C18H13N3O4/c22-14-6-3-4-12(10-14)11-16(21(24)25)18(23)20-17-15-7-2-1-5-13(15)8-9-19-17/h1-11,22H,(H,19,20,23)/b16-11-. The minimum Gasteiger partial charge on any atom is -0.508 e. The Morgan fingerprint density at radius 3 is 2.72 bits per heavy atom. The first-order valence-electron chi connectivity index (χ1n) is 7.35. The lowest BCUT2D eigenvalue weighted by Crippen LogP contribution is -2.20. The van der Waals surface area contributed by atoms with Crippen LogP contribution in [0.4, 0.5) is 5.82 Å². The molecule has 0 fully saturated rings. The molecule has 0 radical (unpaired) electrons. The molecule has 0 saturated heterocycles. The molecule has 1 amide bonds. The largest absolute Gasteiger partial charge is 0.508 e. The number of benzene rings is 2. The quantitative estimate of drug-likeness (QED) is 0.433. The topological polar surface area (TPSA) is 105 Å². The highest BCUT2D eigenvalue weighted by molar-refractivity contribution is 6.08. The summed E-state index contributed by atoms with van der Waals surface area (Å²) in [5.41, 5.74) is -0.312. The van der Waals surface area contributed by atoms with Gasteiger partial charge in [0.05, 0.1) is 4.92 Å². The van der Waals surface area contributed by atoms with Crippen molar-refractivity contribution in [2.24, 2.45) is 0 Å². The molecule has 2 aromatic carbocycles. The van der Waals surface area contributed by atoms with Gasteiger partial charge in [0, 0.05) is 17.7 Å². The van der Waals surface area contributed by atoms with E-state index in [1.807, 2.05) is 12.1 Å². The Morgan fingerprint density at radius 2 is 1.96 bits per heavy atom. The third-order valence-corrected chi connectivity index (χ3v) is 3.51. The molecule has 2 N–H and O–H groups in total. The number of fused-ring (bicyclic) bond motifs is 1. The molecule has 0 spiro atoms. The van der Waals surface area contributed by atoms with Crippen molar-refractivity contribution in [1.29, 1.82) is 0 Å². The van der Waals surface area contributed by atoms with Crippen LogP contribution in [0.15, 0.2) is 66.5 Å². The van der Waals surface area contributed by atoms with Crippen LogP contribution in [0.2, 0.25) is 0 Å². The number of nitro groups is 1. The van der Waals surface area contributed by atoms with Crippen molar-refractivity contribution in [3.05, 3.63) is 82.2 Å². The molecule has 0 aliphatic heterocycles. The molecule has 0 aliphatic carbocycles. The number of phenolic OH excluding ortho intramolecular Hbond substituents is 1. The van der Waals surface area contributed by atoms with Gasteiger partial charge in [-0.25, -0.2) is 4.98 Å². The number of nitrogens with zero attached hydrogens (tertiary/aromatic N) is 2. The maximum Gasteiger partial charge on any atom is 0.334 e. The van der Waals surface area contributed by atoms with Crippen LogP contribution < -0.4 is 5.32 Å². The highest BCUT2D eigenvalue weighted by Gasteiger charge is 2.23. The summed E-state index contributed by atoms with van der Waals surface area (Å²) in [6, 6.07) is 14.9. The van der Waals surface area contributed by atoms with E-state index in [0.717, 1.165) is 11.5 Å². The summed E-state index contributed by atoms with van der Waals surface area (Å²) >= 11 is 0. The number of carbonyl (C=O) groups is 1. The van der Waals surface area contributed by atoms with Crippen molar-refractivity contribution < 1.29 is 14.8 Å². The maximum absolute atomic E-state index is 12.4. The van der Waals surface area contributed by atoms with Gasteiger partial charge in [-0.3, -0.25) is 14.9 Å². The molecule has 1 aromatic heterocycles. The number of anilines is 1. The van der Waals surface area contributed by atoms with Crippen molar-refractivity contribution in [3.8, 4) is 5.75 Å². The first-order valence-corrected chi connectivity index (χ1v) is 7.35. The minimum absolute atomic E-state index is 0.0485. The van der Waals surface area contributed by atoms with Crippen molar-refractivity contribution in [1.82, 2.24) is 4.98 Å². The summed E-state index contributed by atoms with van der Waals surface area (Å²) < 4.78 is 0. The highest BCUT2D eigenvalue weighted by atomic mass is 16.6. The van der Waals surface area contributed by atoms with Crippen LogP contribution in [0.25, 0.3) is 16.8 Å². The monoisotopic (exact) mass is 335 g/mol. The zero-order valence-corrected chi connectivity index (χ0v) is 12.9. The van der Waals surface area contributed by atoms with Gasteiger partial charge < -0.3 is 10.4 Å². The smallest absolute Gasteiger partial charge is 0.334 e. The Morgan fingerprint density at radius 1 is 1.16 bits per heavy atom. The van der Waals surface area contributed by atoms with E-state index in [1.165, 1.54) is 24.4 Å². The highest BCUT2D eigenvalue weighted by Crippen LogP contribution is 2.21. The average Bonchev–Trinajstić information content (AvgIpc) is 2.60. The molecule has 0 bridgehead atoms. The zero-order chi connectivity index (χ0) is 17.8. The van der Waals surface area contributed by atoms with E-state index in [9.17, 15) is 20.0 Å². The number of phenols is 1. The number of hydrogen-bond acceptors (Lipinski definition) is 5. The van der Waals surface area contributed by atoms with Gasteiger partial charge in [0.1, 0.15) is 11.6 Å². The van der Waals surface area contributed by atoms with Gasteiger partial charge in [0.25, 0.3) is 0 Å². The van der Waals surface area contributed by atoms with Crippen LogP contribution in [0.3, 0.4) is 0 Å². The second-order valence-corrected chi connectivity index (χ2v) is 5.22. The lowest BCUT2D eigenvalue weighted by atomic mass is 10.1. The molecule has 124 valence electrons. The fraction of sp³-hybridized carbons (Fsp3) is 0. The molecule has 7 nitrogen and oxygen atoms in total. The Kier molecular flexibility index (Phi) is 4.38. The molecule has 25 heavy (non-hydrogen) atoms. The number of hydrogen-bond donors (Lipinski definition) is 2. The Balaban J connectivity index is 1.95. The fourth-order valence-electron chi connectivity index (χ4n) is 2.36. The summed E-state index contributed by atoms with van der Waals surface area (Å²) in [5.74, 6) is -0.698. The predicted molar refractivity (Wildman–Crippen MR) is 93.5 cm³/mol. The van der Waals surface area contributed by atoms with Crippen LogP contribution in [-0.4, -0.2) is 20.9 Å². The SMILES string of the molecule is O=C(Nc1nccc2ccccc12)/C(=C/c1cccc(O)c1)[N+](=O)[O-]. The number of aromatic hydroxyl groups is 1. The lowest BCUT2D eigenvalue weighted by molar-refractivity contribution is -0.416. The van der Waals surface area contributed by atoms with Crippen LogP contribution in [0.5, 0.6) is 5.75 Å². The molecule has 0 unspecified atom stereocenters. The number of aromatic nitrogens is 1. The lowest BCUT2D eigenvalue weighted by Gasteiger charge is -2.06. The summed E-state index contributed by atoms with van der Waals surface area (Å²) in [7, 11) is 0. The van der Waals surface area contributed by atoms with Gasteiger partial charge in [-0.15, -0.1) is 0 Å². The first kappa shape index (κ1) is 16.1. The number of pyridine rings is 1. The molecule has 3 aromatic rings. The van der Waals surface area contributed by atoms with Crippen LogP contribution >= 0.6 is 0 Å². The van der Waals surface area contributed by atoms with Crippen molar-refractivity contribution in [2.75, 3.05) is 5.32 Å². The van der Waals surface area contributed by atoms with E-state index in [0.29, 0.717) is 10.9 Å². The van der Waals surface area contributed by atoms with Gasteiger partial charge in [-0.05, 0) is 29.1 Å². The predicted octanol–water partition coefficient (Wildman–Crippen LogP) is 3.20. The molecule has 1 heterocycles. The van der Waals surface area contributed by atoms with E-state index >= 15 is 0 Å². The number of rotatable bonds is 4. The van der Waals surface area contributed by atoms with E-state index in [1.54, 1.807) is 24.3 Å². The number of amides is 1. The Bertz CT molecular complexity index is 993. The first-order chi connectivity index (χ1) is 12.0. The van der Waals surface area contributed by atoms with Crippen LogP contribution in [-0.2, 0) is 4.79 Å². The molecule has 7 heteroatoms. The van der Waals surface area contributed by atoms with Gasteiger partial charge in [0.15, 0.2) is 0 Å². The zero-order valence-electron chi connectivity index (χ0n) is 12.9. The van der Waals surface area contributed by atoms with Gasteiger partial charge in [-0.1, -0.05) is 36.4 Å². The summed E-state index contributed by atoms with van der Waals surface area (Å²) in [6.45, 7) is 0. The van der Waals surface area contributed by atoms with Crippen molar-refractivity contribution >= 4 is 28.6 Å². The fourth-order valence-corrected chi connectivity index (χ4v) is 2.36. The molecule has 0 saturated carbocycles. The molecule has 0 aliphatic rings.